The zero-order valence-electron chi connectivity index (χ0n) is 11.8. The van der Waals surface area contributed by atoms with Crippen molar-refractivity contribution in [3.8, 4) is 0 Å². The molecule has 1 rings (SSSR count). The maximum absolute atomic E-state index is 12.2. The molecule has 108 valence electrons. The first kappa shape index (κ1) is 15.8. The molecule has 0 aliphatic carbocycles. The summed E-state index contributed by atoms with van der Waals surface area (Å²) in [5, 5.41) is 8.91. The molecular weight excluding hydrogens is 242 g/mol. The van der Waals surface area contributed by atoms with Crippen LogP contribution in [0.3, 0.4) is 0 Å². The van der Waals surface area contributed by atoms with E-state index in [0.29, 0.717) is 18.7 Å². The normalized spacial score (nSPS) is 10.6. The van der Waals surface area contributed by atoms with E-state index in [2.05, 4.69) is 6.92 Å². The topological polar surface area (TPSA) is 53.7 Å². The van der Waals surface area contributed by atoms with Crippen LogP contribution in [0.25, 0.3) is 0 Å². The van der Waals surface area contributed by atoms with Gasteiger partial charge in [-0.2, -0.15) is 0 Å². The predicted molar refractivity (Wildman–Crippen MR) is 75.1 cm³/mol. The van der Waals surface area contributed by atoms with Gasteiger partial charge in [0.25, 0.3) is 5.91 Å². The van der Waals surface area contributed by atoms with Crippen LogP contribution >= 0.6 is 0 Å². The van der Waals surface area contributed by atoms with Crippen LogP contribution in [-0.2, 0) is 0 Å². The third-order valence-corrected chi connectivity index (χ3v) is 3.14. The molecule has 4 nitrogen and oxygen atoms in total. The molecule has 0 aromatic carbocycles. The Morgan fingerprint density at radius 2 is 1.95 bits per heavy atom. The highest BCUT2D eigenvalue weighted by Gasteiger charge is 2.17. The molecule has 0 spiro atoms. The van der Waals surface area contributed by atoms with E-state index < -0.39 is 0 Å². The van der Waals surface area contributed by atoms with Gasteiger partial charge in [-0.1, -0.05) is 32.6 Å². The smallest absolute Gasteiger partial charge is 0.289 e. The van der Waals surface area contributed by atoms with E-state index in [0.717, 1.165) is 19.4 Å². The minimum absolute atomic E-state index is 0.0751. The molecule has 1 heterocycles. The van der Waals surface area contributed by atoms with Crippen molar-refractivity contribution in [3.63, 3.8) is 0 Å². The molecule has 1 amide bonds. The number of unbranched alkanes of at least 4 members (excludes halogenated alkanes) is 4. The maximum atomic E-state index is 12.2. The summed E-state index contributed by atoms with van der Waals surface area (Å²) in [6.07, 6.45) is 7.98. The van der Waals surface area contributed by atoms with Crippen LogP contribution in [0.4, 0.5) is 0 Å². The Labute approximate surface area is 115 Å². The summed E-state index contributed by atoms with van der Waals surface area (Å²) in [6.45, 7) is 3.62. The average molecular weight is 267 g/mol. The molecule has 0 aliphatic rings. The standard InChI is InChI=1S/C15H25NO3/c1-2-3-4-5-6-10-16(11-8-12-17)15(18)14-9-7-13-19-14/h7,9,13,17H,2-6,8,10-12H2,1H3. The Balaban J connectivity index is 2.40. The minimum atomic E-state index is -0.0751. The molecule has 0 radical (unpaired) electrons. The highest BCUT2D eigenvalue weighted by molar-refractivity contribution is 5.91. The van der Waals surface area contributed by atoms with Crippen molar-refractivity contribution < 1.29 is 14.3 Å². The number of rotatable bonds is 10. The first-order valence-corrected chi connectivity index (χ1v) is 7.23. The van der Waals surface area contributed by atoms with Crippen LogP contribution in [0.2, 0.25) is 0 Å². The first-order chi connectivity index (χ1) is 9.29. The van der Waals surface area contributed by atoms with E-state index in [9.17, 15) is 4.79 Å². The summed E-state index contributed by atoms with van der Waals surface area (Å²) in [6, 6.07) is 3.41. The number of carbonyl (C=O) groups is 1. The highest BCUT2D eigenvalue weighted by Crippen LogP contribution is 2.09. The molecule has 0 unspecified atom stereocenters. The molecule has 1 aromatic heterocycles. The SMILES string of the molecule is CCCCCCCN(CCCO)C(=O)c1ccco1. The van der Waals surface area contributed by atoms with Crippen molar-refractivity contribution in [2.75, 3.05) is 19.7 Å². The fraction of sp³-hybridized carbons (Fsp3) is 0.667. The Kier molecular flexibility index (Phi) is 7.98. The van der Waals surface area contributed by atoms with Crippen LogP contribution < -0.4 is 0 Å². The Morgan fingerprint density at radius 1 is 1.21 bits per heavy atom. The summed E-state index contributed by atoms with van der Waals surface area (Å²) in [4.78, 5) is 14.0. The molecule has 1 N–H and O–H groups in total. The second-order valence-corrected chi connectivity index (χ2v) is 4.76. The molecule has 0 saturated carbocycles. The molecule has 0 aliphatic heterocycles. The van der Waals surface area contributed by atoms with Gasteiger partial charge in [0.1, 0.15) is 0 Å². The number of amides is 1. The number of aliphatic hydroxyl groups excluding tert-OH is 1. The van der Waals surface area contributed by atoms with Gasteiger partial charge in [-0.3, -0.25) is 4.79 Å². The van der Waals surface area contributed by atoms with Gasteiger partial charge in [-0.15, -0.1) is 0 Å². The van der Waals surface area contributed by atoms with E-state index in [1.165, 1.54) is 25.5 Å². The lowest BCUT2D eigenvalue weighted by Crippen LogP contribution is -2.33. The molecular formula is C15H25NO3. The zero-order chi connectivity index (χ0) is 13.9. The van der Waals surface area contributed by atoms with Gasteiger partial charge < -0.3 is 14.4 Å². The van der Waals surface area contributed by atoms with E-state index in [1.54, 1.807) is 17.0 Å². The quantitative estimate of drug-likeness (QED) is 0.663. The largest absolute Gasteiger partial charge is 0.459 e. The van der Waals surface area contributed by atoms with Gasteiger partial charge in [-0.25, -0.2) is 0 Å². The fourth-order valence-electron chi connectivity index (χ4n) is 2.04. The van der Waals surface area contributed by atoms with Crippen molar-refractivity contribution >= 4 is 5.91 Å². The van der Waals surface area contributed by atoms with E-state index in [-0.39, 0.29) is 12.5 Å². The van der Waals surface area contributed by atoms with Gasteiger partial charge in [-0.05, 0) is 25.0 Å². The molecule has 1 aromatic rings. The van der Waals surface area contributed by atoms with Crippen LogP contribution in [-0.4, -0.2) is 35.6 Å². The minimum Gasteiger partial charge on any atom is -0.459 e. The van der Waals surface area contributed by atoms with Crippen LogP contribution in [0, 0.1) is 0 Å². The zero-order valence-corrected chi connectivity index (χ0v) is 11.8. The number of aliphatic hydroxyl groups is 1. The van der Waals surface area contributed by atoms with E-state index >= 15 is 0 Å². The second-order valence-electron chi connectivity index (χ2n) is 4.76. The number of furan rings is 1. The lowest BCUT2D eigenvalue weighted by molar-refractivity contribution is 0.0709. The monoisotopic (exact) mass is 267 g/mol. The molecule has 19 heavy (non-hydrogen) atoms. The Morgan fingerprint density at radius 3 is 2.58 bits per heavy atom. The number of hydrogen-bond acceptors (Lipinski definition) is 3. The molecule has 4 heteroatoms. The highest BCUT2D eigenvalue weighted by atomic mass is 16.3. The number of nitrogens with zero attached hydrogens (tertiary/aromatic N) is 1. The van der Waals surface area contributed by atoms with Gasteiger partial charge in [0.05, 0.1) is 6.26 Å². The second kappa shape index (κ2) is 9.62. The van der Waals surface area contributed by atoms with Gasteiger partial charge in [0, 0.05) is 19.7 Å². The molecule has 0 bridgehead atoms. The van der Waals surface area contributed by atoms with E-state index in [1.807, 2.05) is 0 Å². The van der Waals surface area contributed by atoms with Crippen molar-refractivity contribution in [2.45, 2.75) is 45.4 Å². The Hall–Kier alpha value is -1.29. The van der Waals surface area contributed by atoms with Crippen LogP contribution in [0.5, 0.6) is 0 Å². The third kappa shape index (κ3) is 5.92. The van der Waals surface area contributed by atoms with Crippen LogP contribution in [0.15, 0.2) is 22.8 Å². The van der Waals surface area contributed by atoms with Gasteiger partial charge in [0.15, 0.2) is 5.76 Å². The lowest BCUT2D eigenvalue weighted by Gasteiger charge is -2.21. The van der Waals surface area contributed by atoms with Crippen molar-refractivity contribution in [1.82, 2.24) is 4.90 Å². The summed E-state index contributed by atoms with van der Waals surface area (Å²) >= 11 is 0. The molecule has 0 fully saturated rings. The molecule has 0 saturated heterocycles. The summed E-state index contributed by atoms with van der Waals surface area (Å²) < 4.78 is 5.15. The van der Waals surface area contributed by atoms with Crippen molar-refractivity contribution in [3.05, 3.63) is 24.2 Å². The summed E-state index contributed by atoms with van der Waals surface area (Å²) in [7, 11) is 0. The average Bonchev–Trinajstić information content (AvgIpc) is 2.95. The third-order valence-electron chi connectivity index (χ3n) is 3.14. The fourth-order valence-corrected chi connectivity index (χ4v) is 2.04. The van der Waals surface area contributed by atoms with E-state index in [4.69, 9.17) is 9.52 Å². The lowest BCUT2D eigenvalue weighted by atomic mass is 10.1. The number of carbonyl (C=O) groups excluding carboxylic acids is 1. The first-order valence-electron chi connectivity index (χ1n) is 7.23. The van der Waals surface area contributed by atoms with Crippen LogP contribution in [0.1, 0.15) is 56.0 Å². The number of hydrogen-bond donors (Lipinski definition) is 1. The van der Waals surface area contributed by atoms with Gasteiger partial charge in [0.2, 0.25) is 0 Å². The Bertz CT molecular complexity index is 335. The summed E-state index contributed by atoms with van der Waals surface area (Å²) in [5.74, 6) is 0.306. The molecule has 0 atom stereocenters. The van der Waals surface area contributed by atoms with Gasteiger partial charge >= 0.3 is 0 Å². The van der Waals surface area contributed by atoms with Crippen molar-refractivity contribution in [1.29, 1.82) is 0 Å². The maximum Gasteiger partial charge on any atom is 0.289 e. The summed E-state index contributed by atoms with van der Waals surface area (Å²) in [5.41, 5.74) is 0. The van der Waals surface area contributed by atoms with Crippen molar-refractivity contribution in [2.24, 2.45) is 0 Å². The predicted octanol–water partition coefficient (Wildman–Crippen LogP) is 3.07.